The van der Waals surface area contributed by atoms with Gasteiger partial charge in [-0.15, -0.1) is 16.2 Å². The Morgan fingerprint density at radius 3 is 2.50 bits per heavy atom. The monoisotopic (exact) mass is 377 g/mol. The predicted octanol–water partition coefficient (Wildman–Crippen LogP) is 6.24. The largest absolute Gasteiger partial charge is 0.397 e. The van der Waals surface area contributed by atoms with Crippen LogP contribution in [0.3, 0.4) is 0 Å². The average molecular weight is 378 g/mol. The van der Waals surface area contributed by atoms with Crippen LogP contribution >= 0.6 is 34.5 Å². The van der Waals surface area contributed by atoms with Crippen LogP contribution in [0.25, 0.3) is 0 Å². The second-order valence-electron chi connectivity index (χ2n) is 5.09. The molecule has 0 bridgehead atoms. The zero-order valence-electron chi connectivity index (χ0n) is 12.4. The van der Waals surface area contributed by atoms with E-state index in [1.54, 1.807) is 18.2 Å². The van der Waals surface area contributed by atoms with Gasteiger partial charge in [-0.2, -0.15) is 0 Å². The second-order valence-corrected chi connectivity index (χ2v) is 6.85. The van der Waals surface area contributed by atoms with Crippen LogP contribution in [0.5, 0.6) is 0 Å². The van der Waals surface area contributed by atoms with E-state index < -0.39 is 6.04 Å². The number of nitrogens with two attached hydrogens (primary N) is 1. The Morgan fingerprint density at radius 1 is 1.08 bits per heavy atom. The van der Waals surface area contributed by atoms with Crippen molar-refractivity contribution < 1.29 is 0 Å². The van der Waals surface area contributed by atoms with Crippen molar-refractivity contribution in [2.75, 3.05) is 11.1 Å². The first kappa shape index (κ1) is 16.8. The minimum absolute atomic E-state index is 0.434. The molecule has 7 heteroatoms. The van der Waals surface area contributed by atoms with Gasteiger partial charge in [0.1, 0.15) is 0 Å². The molecule has 1 heterocycles. The number of benzene rings is 2. The van der Waals surface area contributed by atoms with Crippen LogP contribution in [-0.2, 0) is 0 Å². The summed E-state index contributed by atoms with van der Waals surface area (Å²) in [5.41, 5.74) is 8.72. The third-order valence-corrected chi connectivity index (χ3v) is 5.27. The number of nitrogen functional groups attached to an aromatic ring is 1. The molecule has 24 heavy (non-hydrogen) atoms. The number of hydrogen-bond acceptors (Lipinski definition) is 5. The molecule has 0 spiro atoms. The van der Waals surface area contributed by atoms with Crippen LogP contribution in [-0.4, -0.2) is 0 Å². The Bertz CT molecular complexity index is 882. The van der Waals surface area contributed by atoms with Crippen LogP contribution in [0.1, 0.15) is 16.5 Å². The van der Waals surface area contributed by atoms with Gasteiger partial charge in [0, 0.05) is 16.3 Å². The molecule has 4 nitrogen and oxygen atoms in total. The fourth-order valence-corrected chi connectivity index (χ4v) is 3.83. The number of hydrogen-bond donors (Lipinski definition) is 2. The Labute approximate surface area is 153 Å². The molecule has 0 fully saturated rings. The van der Waals surface area contributed by atoms with Gasteiger partial charge >= 0.3 is 0 Å². The third kappa shape index (κ3) is 3.38. The lowest BCUT2D eigenvalue weighted by atomic mass is 10.1. The van der Waals surface area contributed by atoms with E-state index in [-0.39, 0.29) is 0 Å². The Morgan fingerprint density at radius 2 is 1.88 bits per heavy atom. The van der Waals surface area contributed by atoms with Gasteiger partial charge in [0.05, 0.1) is 21.3 Å². The van der Waals surface area contributed by atoms with E-state index in [2.05, 4.69) is 10.5 Å². The van der Waals surface area contributed by atoms with Crippen LogP contribution < -0.4 is 11.1 Å². The summed E-state index contributed by atoms with van der Waals surface area (Å²) >= 11 is 13.9. The molecule has 1 unspecified atom stereocenters. The van der Waals surface area contributed by atoms with Crippen molar-refractivity contribution in [3.05, 3.63) is 79.3 Å². The number of thiophene rings is 1. The van der Waals surface area contributed by atoms with Gasteiger partial charge < -0.3 is 11.1 Å². The first-order chi connectivity index (χ1) is 11.6. The summed E-state index contributed by atoms with van der Waals surface area (Å²) in [5.74, 6) is 0. The number of para-hydroxylation sites is 2. The summed E-state index contributed by atoms with van der Waals surface area (Å²) in [5, 5.41) is 9.17. The Kier molecular flexibility index (Phi) is 5.04. The van der Waals surface area contributed by atoms with Gasteiger partial charge in [-0.3, -0.25) is 0 Å². The standard InChI is InChI=1S/C17H13Cl2N3OS/c18-12-7-8-24-17(12)16(22-23)11-6-5-10(9-13(11)19)21-15-4-2-1-3-14(15)20/h1-9,16,21H,20H2. The van der Waals surface area contributed by atoms with E-state index >= 15 is 0 Å². The predicted molar refractivity (Wildman–Crippen MR) is 103 cm³/mol. The minimum atomic E-state index is -0.721. The minimum Gasteiger partial charge on any atom is -0.397 e. The molecule has 0 saturated carbocycles. The van der Waals surface area contributed by atoms with Gasteiger partial charge in [-0.05, 0) is 35.7 Å². The molecule has 3 aromatic rings. The molecule has 0 saturated heterocycles. The molecule has 0 aliphatic rings. The number of nitrogens with zero attached hydrogens (tertiary/aromatic N) is 1. The van der Waals surface area contributed by atoms with Crippen molar-refractivity contribution in [2.45, 2.75) is 6.04 Å². The summed E-state index contributed by atoms with van der Waals surface area (Å²) in [6, 6.07) is 13.8. The van der Waals surface area contributed by atoms with Crippen LogP contribution in [0.4, 0.5) is 17.1 Å². The lowest BCUT2D eigenvalue weighted by molar-refractivity contribution is 0.885. The summed E-state index contributed by atoms with van der Waals surface area (Å²) in [6.45, 7) is 0. The molecule has 2 aromatic carbocycles. The van der Waals surface area contributed by atoms with E-state index in [1.807, 2.05) is 35.7 Å². The summed E-state index contributed by atoms with van der Waals surface area (Å²) < 4.78 is 0. The number of halogens is 2. The normalized spacial score (nSPS) is 11.9. The fraction of sp³-hybridized carbons (Fsp3) is 0.0588. The summed E-state index contributed by atoms with van der Waals surface area (Å²) in [7, 11) is 0. The van der Waals surface area contributed by atoms with Crippen molar-refractivity contribution in [2.24, 2.45) is 5.18 Å². The molecule has 3 N–H and O–H groups in total. The van der Waals surface area contributed by atoms with E-state index in [1.165, 1.54) is 11.3 Å². The topological polar surface area (TPSA) is 67.5 Å². The van der Waals surface area contributed by atoms with E-state index in [0.717, 1.165) is 11.4 Å². The van der Waals surface area contributed by atoms with Gasteiger partial charge in [0.2, 0.25) is 0 Å². The number of rotatable bonds is 5. The summed E-state index contributed by atoms with van der Waals surface area (Å²) in [4.78, 5) is 12.0. The smallest absolute Gasteiger partial charge is 0.154 e. The van der Waals surface area contributed by atoms with E-state index in [4.69, 9.17) is 28.9 Å². The maximum Gasteiger partial charge on any atom is 0.154 e. The zero-order valence-corrected chi connectivity index (χ0v) is 14.7. The van der Waals surface area contributed by atoms with Crippen molar-refractivity contribution in [1.82, 2.24) is 0 Å². The second kappa shape index (κ2) is 7.21. The quantitative estimate of drug-likeness (QED) is 0.408. The highest BCUT2D eigenvalue weighted by Crippen LogP contribution is 2.39. The van der Waals surface area contributed by atoms with Crippen LogP contribution in [0, 0.1) is 4.91 Å². The number of anilines is 3. The summed E-state index contributed by atoms with van der Waals surface area (Å²) in [6.07, 6.45) is 0. The van der Waals surface area contributed by atoms with Crippen molar-refractivity contribution in [3.63, 3.8) is 0 Å². The lowest BCUT2D eigenvalue weighted by Crippen LogP contribution is -1.99. The van der Waals surface area contributed by atoms with Crippen molar-refractivity contribution in [3.8, 4) is 0 Å². The molecular weight excluding hydrogens is 365 g/mol. The zero-order chi connectivity index (χ0) is 17.1. The first-order valence-electron chi connectivity index (χ1n) is 7.06. The SMILES string of the molecule is Nc1ccccc1Nc1ccc(C(N=O)c2sccc2Cl)c(Cl)c1. The Balaban J connectivity index is 1.91. The number of nitroso groups, excluding NO2 is 1. The van der Waals surface area contributed by atoms with Gasteiger partial charge in [0.15, 0.2) is 6.04 Å². The maximum atomic E-state index is 11.3. The number of nitrogens with one attached hydrogen (secondary N) is 1. The fourth-order valence-electron chi connectivity index (χ4n) is 2.34. The molecule has 0 aliphatic carbocycles. The lowest BCUT2D eigenvalue weighted by Gasteiger charge is -2.14. The van der Waals surface area contributed by atoms with Crippen LogP contribution in [0.2, 0.25) is 10.0 Å². The molecule has 1 atom stereocenters. The highest BCUT2D eigenvalue weighted by atomic mass is 35.5. The molecule has 3 rings (SSSR count). The molecular formula is C17H13Cl2N3OS. The third-order valence-electron chi connectivity index (χ3n) is 3.53. The van der Waals surface area contributed by atoms with E-state index in [0.29, 0.717) is 26.2 Å². The van der Waals surface area contributed by atoms with Gasteiger partial charge in [0.25, 0.3) is 0 Å². The van der Waals surface area contributed by atoms with E-state index in [9.17, 15) is 4.91 Å². The maximum absolute atomic E-state index is 11.3. The highest BCUT2D eigenvalue weighted by Gasteiger charge is 2.22. The first-order valence-corrected chi connectivity index (χ1v) is 8.70. The Hall–Kier alpha value is -2.08. The van der Waals surface area contributed by atoms with Crippen molar-refractivity contribution >= 4 is 51.6 Å². The van der Waals surface area contributed by atoms with Gasteiger partial charge in [-0.25, -0.2) is 0 Å². The average Bonchev–Trinajstić information content (AvgIpc) is 2.98. The molecule has 122 valence electrons. The van der Waals surface area contributed by atoms with Crippen molar-refractivity contribution in [1.29, 1.82) is 0 Å². The van der Waals surface area contributed by atoms with Crippen LogP contribution in [0.15, 0.2) is 59.1 Å². The molecule has 0 amide bonds. The van der Waals surface area contributed by atoms with Gasteiger partial charge in [-0.1, -0.05) is 46.6 Å². The highest BCUT2D eigenvalue weighted by molar-refractivity contribution is 7.10. The molecule has 0 radical (unpaired) electrons. The molecule has 1 aromatic heterocycles. The molecule has 0 aliphatic heterocycles.